The van der Waals surface area contributed by atoms with E-state index in [4.69, 9.17) is 9.47 Å². The molecule has 0 aromatic heterocycles. The Morgan fingerprint density at radius 2 is 1.68 bits per heavy atom. The quantitative estimate of drug-likeness (QED) is 0.479. The van der Waals surface area contributed by atoms with Crippen LogP contribution in [0.15, 0.2) is 42.5 Å². The van der Waals surface area contributed by atoms with Crippen molar-refractivity contribution in [2.75, 3.05) is 19.8 Å². The van der Waals surface area contributed by atoms with Gasteiger partial charge in [-0.25, -0.2) is 4.79 Å². The van der Waals surface area contributed by atoms with Gasteiger partial charge in [-0.1, -0.05) is 36.9 Å². The lowest BCUT2D eigenvalue weighted by atomic mass is 10.0. The number of carbonyl (C=O) groups is 2. The summed E-state index contributed by atoms with van der Waals surface area (Å²) in [5.74, 6) is -0.655. The van der Waals surface area contributed by atoms with Gasteiger partial charge in [-0.15, -0.1) is 0 Å². The van der Waals surface area contributed by atoms with Crippen LogP contribution in [0.1, 0.15) is 45.7 Å². The summed E-state index contributed by atoms with van der Waals surface area (Å²) in [7, 11) is 0. The van der Waals surface area contributed by atoms with E-state index in [0.717, 1.165) is 5.56 Å². The Labute approximate surface area is 150 Å². The van der Waals surface area contributed by atoms with Crippen LogP contribution < -0.4 is 0 Å². The molecule has 0 N–H and O–H groups in total. The predicted molar refractivity (Wildman–Crippen MR) is 98.0 cm³/mol. The predicted octanol–water partition coefficient (Wildman–Crippen LogP) is 3.51. The minimum absolute atomic E-state index is 0.0109. The highest BCUT2D eigenvalue weighted by molar-refractivity contribution is 5.88. The maximum atomic E-state index is 11.9. The fourth-order valence-corrected chi connectivity index (χ4v) is 2.69. The van der Waals surface area contributed by atoms with Crippen LogP contribution in [0, 0.1) is 0 Å². The van der Waals surface area contributed by atoms with Crippen molar-refractivity contribution in [2.24, 2.45) is 0 Å². The monoisotopic (exact) mass is 347 g/mol. The molecule has 0 aliphatic carbocycles. The molecule has 1 rings (SSSR count). The van der Waals surface area contributed by atoms with Gasteiger partial charge in [0.05, 0.1) is 19.6 Å². The van der Waals surface area contributed by atoms with Crippen LogP contribution in [0.25, 0.3) is 0 Å². The average Bonchev–Trinajstić information content (AvgIpc) is 2.59. The van der Waals surface area contributed by atoms with Gasteiger partial charge in [-0.3, -0.25) is 9.69 Å². The molecule has 0 heterocycles. The molecule has 0 saturated heterocycles. The van der Waals surface area contributed by atoms with Crippen LogP contribution in [-0.2, 0) is 19.1 Å². The topological polar surface area (TPSA) is 55.8 Å². The summed E-state index contributed by atoms with van der Waals surface area (Å²) in [6.07, 6.45) is 0.251. The average molecular weight is 347 g/mol. The third kappa shape index (κ3) is 6.70. The second kappa shape index (κ2) is 10.7. The van der Waals surface area contributed by atoms with Gasteiger partial charge in [-0.2, -0.15) is 0 Å². The fourth-order valence-electron chi connectivity index (χ4n) is 2.69. The van der Waals surface area contributed by atoms with Gasteiger partial charge in [0.1, 0.15) is 0 Å². The Hall–Kier alpha value is -2.14. The van der Waals surface area contributed by atoms with Gasteiger partial charge >= 0.3 is 11.9 Å². The minimum atomic E-state index is -0.406. The molecule has 5 heteroatoms. The van der Waals surface area contributed by atoms with Gasteiger partial charge in [0, 0.05) is 24.2 Å². The Morgan fingerprint density at radius 1 is 1.08 bits per heavy atom. The van der Waals surface area contributed by atoms with Gasteiger partial charge in [0.15, 0.2) is 0 Å². The molecule has 0 amide bonds. The van der Waals surface area contributed by atoms with E-state index in [1.54, 1.807) is 13.8 Å². The van der Waals surface area contributed by atoms with E-state index < -0.39 is 5.97 Å². The van der Waals surface area contributed by atoms with Crippen LogP contribution in [0.2, 0.25) is 0 Å². The van der Waals surface area contributed by atoms with Crippen LogP contribution in [-0.4, -0.2) is 42.6 Å². The smallest absolute Gasteiger partial charge is 0.334 e. The van der Waals surface area contributed by atoms with Crippen LogP contribution in [0.5, 0.6) is 0 Å². The van der Waals surface area contributed by atoms with E-state index in [9.17, 15) is 9.59 Å². The summed E-state index contributed by atoms with van der Waals surface area (Å²) < 4.78 is 10.1. The molecule has 0 spiro atoms. The van der Waals surface area contributed by atoms with Crippen LogP contribution in [0.3, 0.4) is 0 Å². The van der Waals surface area contributed by atoms with Crippen LogP contribution in [0.4, 0.5) is 0 Å². The Bertz CT molecular complexity index is 570. The van der Waals surface area contributed by atoms with Crippen molar-refractivity contribution in [3.8, 4) is 0 Å². The minimum Gasteiger partial charge on any atom is -0.466 e. The van der Waals surface area contributed by atoms with Crippen molar-refractivity contribution in [3.63, 3.8) is 0 Å². The van der Waals surface area contributed by atoms with E-state index in [1.807, 2.05) is 37.3 Å². The number of hydrogen-bond donors (Lipinski definition) is 0. The number of ether oxygens (including phenoxy) is 2. The number of esters is 2. The molecule has 25 heavy (non-hydrogen) atoms. The first kappa shape index (κ1) is 20.9. The van der Waals surface area contributed by atoms with E-state index in [0.29, 0.717) is 25.3 Å². The zero-order valence-corrected chi connectivity index (χ0v) is 15.7. The lowest BCUT2D eigenvalue weighted by molar-refractivity contribution is -0.144. The fraction of sp³-hybridized carbons (Fsp3) is 0.500. The molecule has 0 bridgehead atoms. The summed E-state index contributed by atoms with van der Waals surface area (Å²) in [6.45, 7) is 12.4. The molecule has 0 radical (unpaired) electrons. The first-order valence-corrected chi connectivity index (χ1v) is 8.71. The molecule has 5 nitrogen and oxygen atoms in total. The van der Waals surface area contributed by atoms with Gasteiger partial charge in [0.2, 0.25) is 0 Å². The zero-order chi connectivity index (χ0) is 18.8. The van der Waals surface area contributed by atoms with E-state index in [-0.39, 0.29) is 24.5 Å². The second-order valence-electron chi connectivity index (χ2n) is 5.94. The lowest BCUT2D eigenvalue weighted by Gasteiger charge is -2.34. The molecule has 0 unspecified atom stereocenters. The van der Waals surface area contributed by atoms with E-state index in [2.05, 4.69) is 18.4 Å². The molecule has 0 aliphatic rings. The maximum absolute atomic E-state index is 11.9. The maximum Gasteiger partial charge on any atom is 0.334 e. The number of nitrogens with zero attached hydrogens (tertiary/aromatic N) is 1. The molecule has 138 valence electrons. The summed E-state index contributed by atoms with van der Waals surface area (Å²) in [5.41, 5.74) is 1.48. The van der Waals surface area contributed by atoms with Crippen LogP contribution >= 0.6 is 0 Å². The SMILES string of the molecule is C=C(CN([C@@H](C)CC(=O)OCC)[C@@H](C)c1ccccc1)C(=O)OCC. The van der Waals surface area contributed by atoms with Gasteiger partial charge < -0.3 is 9.47 Å². The Kier molecular flexibility index (Phi) is 8.92. The highest BCUT2D eigenvalue weighted by atomic mass is 16.5. The van der Waals surface area contributed by atoms with Crippen molar-refractivity contribution in [1.29, 1.82) is 0 Å². The van der Waals surface area contributed by atoms with Crippen molar-refractivity contribution >= 4 is 11.9 Å². The van der Waals surface area contributed by atoms with Gasteiger partial charge in [-0.05, 0) is 33.3 Å². The molecule has 1 aromatic rings. The Morgan fingerprint density at radius 3 is 2.24 bits per heavy atom. The highest BCUT2D eigenvalue weighted by Crippen LogP contribution is 2.25. The third-order valence-electron chi connectivity index (χ3n) is 4.05. The molecule has 0 aliphatic heterocycles. The first-order valence-electron chi connectivity index (χ1n) is 8.71. The third-order valence-corrected chi connectivity index (χ3v) is 4.05. The number of hydrogen-bond acceptors (Lipinski definition) is 5. The normalized spacial score (nSPS) is 13.2. The summed E-state index contributed by atoms with van der Waals surface area (Å²) >= 11 is 0. The van der Waals surface area contributed by atoms with E-state index in [1.165, 1.54) is 0 Å². The number of benzene rings is 1. The van der Waals surface area contributed by atoms with Crippen molar-refractivity contribution in [1.82, 2.24) is 4.90 Å². The largest absolute Gasteiger partial charge is 0.466 e. The molecule has 0 saturated carbocycles. The molecule has 0 fully saturated rings. The zero-order valence-electron chi connectivity index (χ0n) is 15.7. The van der Waals surface area contributed by atoms with Crippen molar-refractivity contribution < 1.29 is 19.1 Å². The standard InChI is InChI=1S/C20H29NO4/c1-6-24-19(22)13-16(4)21(14-15(3)20(23)25-7-2)17(5)18-11-9-8-10-12-18/h8-12,16-17H,3,6-7,13-14H2,1-2,4-5H3/t16-,17-/m0/s1. The summed E-state index contributed by atoms with van der Waals surface area (Å²) in [6, 6.07) is 9.86. The first-order chi connectivity index (χ1) is 11.9. The number of rotatable bonds is 10. The number of carbonyl (C=O) groups excluding carboxylic acids is 2. The van der Waals surface area contributed by atoms with E-state index >= 15 is 0 Å². The molecule has 2 atom stereocenters. The molecule has 1 aromatic carbocycles. The summed E-state index contributed by atoms with van der Waals surface area (Å²) in [4.78, 5) is 25.9. The highest BCUT2D eigenvalue weighted by Gasteiger charge is 2.26. The van der Waals surface area contributed by atoms with Crippen molar-refractivity contribution in [2.45, 2.75) is 46.2 Å². The molecular formula is C20H29NO4. The molecular weight excluding hydrogens is 318 g/mol. The van der Waals surface area contributed by atoms with Gasteiger partial charge in [0.25, 0.3) is 0 Å². The summed E-state index contributed by atoms with van der Waals surface area (Å²) in [5, 5.41) is 0. The second-order valence-corrected chi connectivity index (χ2v) is 5.94. The van der Waals surface area contributed by atoms with Crippen molar-refractivity contribution in [3.05, 3.63) is 48.0 Å². The Balaban J connectivity index is 2.94. The lowest BCUT2D eigenvalue weighted by Crippen LogP contribution is -2.39.